The number of anilines is 1. The summed E-state index contributed by atoms with van der Waals surface area (Å²) in [6.45, 7) is 0. The molecule has 6 nitrogen and oxygen atoms in total. The van der Waals surface area contributed by atoms with E-state index in [1.807, 2.05) is 0 Å². The van der Waals surface area contributed by atoms with Crippen molar-refractivity contribution in [3.05, 3.63) is 63.2 Å². The highest BCUT2D eigenvalue weighted by molar-refractivity contribution is 6.30. The molecule has 0 bridgehead atoms. The van der Waals surface area contributed by atoms with Gasteiger partial charge >= 0.3 is 0 Å². The number of nitrogens with zero attached hydrogens (tertiary/aromatic N) is 2. The fourth-order valence-electron chi connectivity index (χ4n) is 1.46. The number of benzene rings is 2. The molecule has 2 N–H and O–H groups in total. The molecule has 0 unspecified atom stereocenters. The molecule has 7 heteroatoms. The summed E-state index contributed by atoms with van der Waals surface area (Å²) < 4.78 is 0. The molecule has 20 heavy (non-hydrogen) atoms. The number of nitro groups is 1. The lowest BCUT2D eigenvalue weighted by Gasteiger charge is -2.01. The molecular formula is C13H10ClN3O3. The quantitative estimate of drug-likeness (QED) is 0.513. The molecule has 0 heterocycles. The maximum absolute atomic E-state index is 10.6. The van der Waals surface area contributed by atoms with Crippen LogP contribution in [0.2, 0.25) is 5.02 Å². The molecule has 0 saturated heterocycles. The number of rotatable bonds is 4. The zero-order valence-electron chi connectivity index (χ0n) is 10.2. The Hall–Kier alpha value is -2.60. The molecule has 0 amide bonds. The molecule has 0 spiro atoms. The highest BCUT2D eigenvalue weighted by Gasteiger charge is 2.08. The van der Waals surface area contributed by atoms with E-state index in [1.54, 1.807) is 24.3 Å². The number of phenolic OH excluding ortho intramolecular Hbond substituents is 1. The summed E-state index contributed by atoms with van der Waals surface area (Å²) >= 11 is 5.75. The van der Waals surface area contributed by atoms with Gasteiger partial charge in [0.05, 0.1) is 16.8 Å². The van der Waals surface area contributed by atoms with E-state index in [0.29, 0.717) is 10.7 Å². The third kappa shape index (κ3) is 3.46. The van der Waals surface area contributed by atoms with Gasteiger partial charge in [0.25, 0.3) is 5.69 Å². The van der Waals surface area contributed by atoms with Crippen molar-refractivity contribution in [2.75, 3.05) is 5.43 Å². The Morgan fingerprint density at radius 3 is 2.60 bits per heavy atom. The minimum Gasteiger partial charge on any atom is -0.507 e. The first-order valence-corrected chi connectivity index (χ1v) is 5.96. The first-order chi connectivity index (χ1) is 9.56. The average molecular weight is 292 g/mol. The third-order valence-corrected chi connectivity index (χ3v) is 2.72. The maximum Gasteiger partial charge on any atom is 0.270 e. The Labute approximate surface area is 119 Å². The van der Waals surface area contributed by atoms with Crippen molar-refractivity contribution in [1.82, 2.24) is 0 Å². The van der Waals surface area contributed by atoms with Gasteiger partial charge in [0.2, 0.25) is 0 Å². The lowest BCUT2D eigenvalue weighted by molar-refractivity contribution is -0.384. The Bertz CT molecular complexity index is 656. The van der Waals surface area contributed by atoms with Gasteiger partial charge in [-0.3, -0.25) is 15.5 Å². The maximum atomic E-state index is 10.6. The number of aromatic hydroxyl groups is 1. The van der Waals surface area contributed by atoms with Crippen LogP contribution in [0.3, 0.4) is 0 Å². The van der Waals surface area contributed by atoms with Crippen LogP contribution in [0.1, 0.15) is 5.56 Å². The summed E-state index contributed by atoms with van der Waals surface area (Å²) in [7, 11) is 0. The van der Waals surface area contributed by atoms with Crippen LogP contribution in [-0.4, -0.2) is 16.2 Å². The number of halogens is 1. The number of non-ortho nitro benzene ring substituents is 1. The predicted molar refractivity (Wildman–Crippen MR) is 77.4 cm³/mol. The van der Waals surface area contributed by atoms with Gasteiger partial charge in [-0.05, 0) is 30.3 Å². The summed E-state index contributed by atoms with van der Waals surface area (Å²) in [6, 6.07) is 10.6. The molecule has 2 rings (SSSR count). The van der Waals surface area contributed by atoms with Crippen molar-refractivity contribution in [3.8, 4) is 5.75 Å². The monoisotopic (exact) mass is 291 g/mol. The molecule has 0 atom stereocenters. The first kappa shape index (κ1) is 13.8. The van der Waals surface area contributed by atoms with Crippen LogP contribution in [0.25, 0.3) is 0 Å². The second-order valence-corrected chi connectivity index (χ2v) is 4.31. The Balaban J connectivity index is 2.12. The van der Waals surface area contributed by atoms with Crippen molar-refractivity contribution < 1.29 is 10.0 Å². The SMILES string of the molecule is O=[N+]([O-])c1ccc(O)c(/C=N/Nc2ccc(Cl)cc2)c1. The standard InChI is InChI=1S/C13H10ClN3O3/c14-10-1-3-11(4-2-10)16-15-8-9-7-12(17(19)20)5-6-13(9)18/h1-8,16,18H/b15-8+. The average Bonchev–Trinajstić information content (AvgIpc) is 2.43. The Morgan fingerprint density at radius 1 is 1.25 bits per heavy atom. The topological polar surface area (TPSA) is 87.8 Å². The summed E-state index contributed by atoms with van der Waals surface area (Å²) in [5.41, 5.74) is 3.57. The molecule has 0 aromatic heterocycles. The van der Waals surface area contributed by atoms with Crippen LogP contribution in [0, 0.1) is 10.1 Å². The smallest absolute Gasteiger partial charge is 0.270 e. The van der Waals surface area contributed by atoms with E-state index < -0.39 is 4.92 Å². The van der Waals surface area contributed by atoms with Crippen LogP contribution in [0.5, 0.6) is 5.75 Å². The minimum atomic E-state index is -0.538. The van der Waals surface area contributed by atoms with Gasteiger partial charge < -0.3 is 5.11 Å². The molecule has 0 fully saturated rings. The molecule has 102 valence electrons. The van der Waals surface area contributed by atoms with Gasteiger partial charge in [-0.15, -0.1) is 0 Å². The lowest BCUT2D eigenvalue weighted by atomic mass is 10.2. The highest BCUT2D eigenvalue weighted by Crippen LogP contribution is 2.21. The molecule has 0 saturated carbocycles. The van der Waals surface area contributed by atoms with Crippen molar-refractivity contribution in [2.45, 2.75) is 0 Å². The van der Waals surface area contributed by atoms with E-state index in [0.717, 1.165) is 0 Å². The van der Waals surface area contributed by atoms with Crippen molar-refractivity contribution in [3.63, 3.8) is 0 Å². The van der Waals surface area contributed by atoms with Gasteiger partial charge in [-0.2, -0.15) is 5.10 Å². The number of nitrogens with one attached hydrogen (secondary N) is 1. The molecule has 0 aliphatic carbocycles. The highest BCUT2D eigenvalue weighted by atomic mass is 35.5. The van der Waals surface area contributed by atoms with Gasteiger partial charge in [0.1, 0.15) is 5.75 Å². The summed E-state index contributed by atoms with van der Waals surface area (Å²) in [5.74, 6) is -0.0859. The van der Waals surface area contributed by atoms with Crippen LogP contribution in [0.15, 0.2) is 47.6 Å². The normalized spacial score (nSPS) is 10.7. The lowest BCUT2D eigenvalue weighted by Crippen LogP contribution is -1.93. The minimum absolute atomic E-state index is 0.0859. The van der Waals surface area contributed by atoms with E-state index in [9.17, 15) is 15.2 Å². The number of hydrogen-bond donors (Lipinski definition) is 2. The fraction of sp³-hybridized carbons (Fsp3) is 0. The number of hydrazone groups is 1. The molecule has 0 aliphatic rings. The molecule has 2 aromatic rings. The molecule has 0 radical (unpaired) electrons. The van der Waals surface area contributed by atoms with E-state index >= 15 is 0 Å². The summed E-state index contributed by atoms with van der Waals surface area (Å²) in [5, 5.41) is 24.7. The van der Waals surface area contributed by atoms with Crippen LogP contribution >= 0.6 is 11.6 Å². The van der Waals surface area contributed by atoms with Crippen molar-refractivity contribution in [2.24, 2.45) is 5.10 Å². The zero-order valence-corrected chi connectivity index (χ0v) is 10.9. The van der Waals surface area contributed by atoms with E-state index in [2.05, 4.69) is 10.5 Å². The fourth-order valence-corrected chi connectivity index (χ4v) is 1.59. The van der Waals surface area contributed by atoms with Gasteiger partial charge in [-0.25, -0.2) is 0 Å². The molecular weight excluding hydrogens is 282 g/mol. The third-order valence-electron chi connectivity index (χ3n) is 2.46. The molecule has 0 aliphatic heterocycles. The zero-order chi connectivity index (χ0) is 14.5. The van der Waals surface area contributed by atoms with Crippen LogP contribution in [0.4, 0.5) is 11.4 Å². The van der Waals surface area contributed by atoms with Gasteiger partial charge in [0, 0.05) is 22.7 Å². The van der Waals surface area contributed by atoms with Crippen LogP contribution in [-0.2, 0) is 0 Å². The van der Waals surface area contributed by atoms with Crippen molar-refractivity contribution in [1.29, 1.82) is 0 Å². The summed E-state index contributed by atoms with van der Waals surface area (Å²) in [6.07, 6.45) is 1.30. The first-order valence-electron chi connectivity index (χ1n) is 5.58. The van der Waals surface area contributed by atoms with Crippen LogP contribution < -0.4 is 5.43 Å². The van der Waals surface area contributed by atoms with E-state index in [1.165, 1.54) is 24.4 Å². The Kier molecular flexibility index (Phi) is 4.17. The van der Waals surface area contributed by atoms with E-state index in [4.69, 9.17) is 11.6 Å². The number of hydrogen-bond acceptors (Lipinski definition) is 5. The predicted octanol–water partition coefficient (Wildman–Crippen LogP) is 3.40. The second kappa shape index (κ2) is 6.03. The van der Waals surface area contributed by atoms with Gasteiger partial charge in [-0.1, -0.05) is 11.6 Å². The molecule has 2 aromatic carbocycles. The second-order valence-electron chi connectivity index (χ2n) is 3.88. The largest absolute Gasteiger partial charge is 0.507 e. The number of phenols is 1. The van der Waals surface area contributed by atoms with Crippen molar-refractivity contribution >= 4 is 29.2 Å². The summed E-state index contributed by atoms with van der Waals surface area (Å²) in [4.78, 5) is 10.1. The Morgan fingerprint density at radius 2 is 1.95 bits per heavy atom. The van der Waals surface area contributed by atoms with Gasteiger partial charge in [0.15, 0.2) is 0 Å². The number of nitro benzene ring substituents is 1. The van der Waals surface area contributed by atoms with E-state index in [-0.39, 0.29) is 17.0 Å².